The second-order valence-corrected chi connectivity index (χ2v) is 12.0. The van der Waals surface area contributed by atoms with E-state index in [0.29, 0.717) is 11.3 Å². The molecule has 0 aliphatic heterocycles. The number of nitrogens with zero attached hydrogens (tertiary/aromatic N) is 1. The number of hydrogen-bond donors (Lipinski definition) is 3. The van der Waals surface area contributed by atoms with Crippen LogP contribution in [-0.4, -0.2) is 29.6 Å². The molecule has 1 unspecified atom stereocenters. The fourth-order valence-corrected chi connectivity index (χ4v) is 4.23. The van der Waals surface area contributed by atoms with Crippen molar-refractivity contribution in [3.8, 4) is 0 Å². The van der Waals surface area contributed by atoms with Gasteiger partial charge >= 0.3 is 0 Å². The Morgan fingerprint density at radius 1 is 0.956 bits per heavy atom. The molecule has 3 rings (SSSR count). The summed E-state index contributed by atoms with van der Waals surface area (Å²) in [4.78, 5) is 0. The van der Waals surface area contributed by atoms with E-state index in [9.17, 15) is 0 Å². The minimum absolute atomic E-state index is 0.351. The molecule has 4 nitrogen and oxygen atoms in total. The Morgan fingerprint density at radius 2 is 1.62 bits per heavy atom. The first-order valence-corrected chi connectivity index (χ1v) is 16.8. The monoisotopic (exact) mass is 623 g/mol. The Morgan fingerprint density at radius 3 is 2.16 bits per heavy atom. The summed E-state index contributed by atoms with van der Waals surface area (Å²) < 4.78 is 1.85. The molecule has 0 aliphatic carbocycles. The van der Waals surface area contributed by atoms with Crippen LogP contribution in [0.1, 0.15) is 62.3 Å². The van der Waals surface area contributed by atoms with Gasteiger partial charge in [-0.25, -0.2) is 0 Å². The lowest BCUT2D eigenvalue weighted by Crippen LogP contribution is -2.21. The van der Waals surface area contributed by atoms with E-state index in [-0.39, 0.29) is 0 Å². The predicted octanol–water partition coefficient (Wildman–Crippen LogP) is 10.6. The van der Waals surface area contributed by atoms with Gasteiger partial charge in [0.25, 0.3) is 0 Å². The largest absolute Gasteiger partial charge is 0.374 e. The zero-order valence-corrected chi connectivity index (χ0v) is 29.2. The first-order chi connectivity index (χ1) is 21.6. The third kappa shape index (κ3) is 15.9. The van der Waals surface area contributed by atoms with Crippen LogP contribution in [0.2, 0.25) is 0 Å². The van der Waals surface area contributed by atoms with Crippen molar-refractivity contribution in [1.29, 1.82) is 0 Å². The number of hydrazine groups is 1. The number of hydrogen-bond acceptors (Lipinski definition) is 4. The van der Waals surface area contributed by atoms with E-state index < -0.39 is 0 Å². The molecule has 5 heteroatoms. The number of anilines is 2. The van der Waals surface area contributed by atoms with Crippen LogP contribution >= 0.6 is 11.8 Å². The molecule has 45 heavy (non-hydrogen) atoms. The predicted molar refractivity (Wildman–Crippen MR) is 205 cm³/mol. The summed E-state index contributed by atoms with van der Waals surface area (Å²) in [5.41, 5.74) is 12.5. The van der Waals surface area contributed by atoms with Crippen molar-refractivity contribution < 1.29 is 4.68 Å². The molecular weight excluding hydrogens is 569 g/mol. The van der Waals surface area contributed by atoms with E-state index >= 15 is 0 Å². The molecule has 0 bridgehead atoms. The van der Waals surface area contributed by atoms with Crippen molar-refractivity contribution in [2.24, 2.45) is 0 Å². The molecule has 0 saturated heterocycles. The molecule has 0 amide bonds. The van der Waals surface area contributed by atoms with Gasteiger partial charge in [-0.3, -0.25) is 0 Å². The summed E-state index contributed by atoms with van der Waals surface area (Å²) in [6, 6.07) is 25.0. The highest BCUT2D eigenvalue weighted by Crippen LogP contribution is 2.22. The van der Waals surface area contributed by atoms with Crippen molar-refractivity contribution in [2.75, 3.05) is 23.5 Å². The van der Waals surface area contributed by atoms with Gasteiger partial charge in [-0.05, 0) is 85.5 Å². The summed E-state index contributed by atoms with van der Waals surface area (Å²) in [5.74, 6) is 0.653. The van der Waals surface area contributed by atoms with Gasteiger partial charge < -0.3 is 10.6 Å². The summed E-state index contributed by atoms with van der Waals surface area (Å²) in [6.07, 6.45) is 11.2. The Bertz CT molecular complexity index is 1370. The lowest BCUT2D eigenvalue weighted by atomic mass is 10.0. The normalized spacial score (nSPS) is 11.0. The fraction of sp³-hybridized carbons (Fsp3) is 0.275. The number of allylic oxidation sites excluding steroid dienone is 3. The molecule has 240 valence electrons. The van der Waals surface area contributed by atoms with Gasteiger partial charge in [0.1, 0.15) is 0 Å². The van der Waals surface area contributed by atoms with Gasteiger partial charge in [0, 0.05) is 23.5 Å². The third-order valence-corrected chi connectivity index (χ3v) is 7.60. The highest BCUT2D eigenvalue weighted by molar-refractivity contribution is 7.99. The summed E-state index contributed by atoms with van der Waals surface area (Å²) in [7, 11) is 0. The smallest absolute Gasteiger partial charge is 0.174 e. The maximum absolute atomic E-state index is 4.14. The number of nitrogens with one attached hydrogen (secondary N) is 3. The van der Waals surface area contributed by atoms with Crippen molar-refractivity contribution in [3.63, 3.8) is 0 Å². The topological polar surface area (TPSA) is 39.1 Å². The van der Waals surface area contributed by atoms with Gasteiger partial charge in [0.05, 0.1) is 11.1 Å². The maximum Gasteiger partial charge on any atom is 0.174 e. The van der Waals surface area contributed by atoms with E-state index in [2.05, 4.69) is 132 Å². The summed E-state index contributed by atoms with van der Waals surface area (Å²) >= 11 is 1.77. The molecule has 0 fully saturated rings. The fourth-order valence-electron chi connectivity index (χ4n) is 3.97. The van der Waals surface area contributed by atoms with Gasteiger partial charge in [0.2, 0.25) is 0 Å². The lowest BCUT2D eigenvalue weighted by Gasteiger charge is -2.17. The van der Waals surface area contributed by atoms with Crippen molar-refractivity contribution in [3.05, 3.63) is 151 Å². The lowest BCUT2D eigenvalue weighted by molar-refractivity contribution is -0.486. The standard InChI is InChI=1S/C18H28N3S.C12H13N.C10H14/c1-7-9-12-21(5)20-18-11-10-17(13-16(18)8-2)14(3)19-15(4)22-6;1-3-8-11(4-2)13-12-9-6-5-7-10-12;1-8(2)10-6-4-9(3)5-7-10/h7,10-11,13,15,19-20H,1,3,5,8-9,12H2,2,4,6H3;3-10,13H,1-2H2;4-8H,1-3H3/q+1;;/b;11-8+;. The van der Waals surface area contributed by atoms with Crippen LogP contribution in [0, 0.1) is 6.92 Å². The molecule has 3 aromatic carbocycles. The number of thioether (sulfide) groups is 1. The average molecular weight is 624 g/mol. The van der Waals surface area contributed by atoms with Gasteiger partial charge in [-0.15, -0.1) is 23.0 Å². The van der Waals surface area contributed by atoms with Gasteiger partial charge in [-0.2, -0.15) is 5.43 Å². The Labute approximate surface area is 278 Å². The van der Waals surface area contributed by atoms with Crippen LogP contribution in [0.4, 0.5) is 11.4 Å². The molecule has 0 radical (unpaired) electrons. The highest BCUT2D eigenvalue weighted by atomic mass is 32.2. The van der Waals surface area contributed by atoms with E-state index in [1.54, 1.807) is 23.9 Å². The van der Waals surface area contributed by atoms with Crippen LogP contribution < -0.4 is 16.1 Å². The number of aryl methyl sites for hydroxylation is 2. The van der Waals surface area contributed by atoms with Crippen molar-refractivity contribution >= 4 is 35.6 Å². The average Bonchev–Trinajstić information content (AvgIpc) is 3.04. The molecule has 0 aromatic heterocycles. The van der Waals surface area contributed by atoms with E-state index in [0.717, 1.165) is 47.7 Å². The summed E-state index contributed by atoms with van der Waals surface area (Å²) in [6.45, 7) is 30.8. The molecular formula is C40H55N4S+. The Kier molecular flexibility index (Phi) is 19.2. The van der Waals surface area contributed by atoms with Gasteiger partial charge in [0.15, 0.2) is 13.3 Å². The number of rotatable bonds is 15. The zero-order chi connectivity index (χ0) is 33.6. The van der Waals surface area contributed by atoms with Crippen molar-refractivity contribution in [2.45, 2.75) is 58.8 Å². The second-order valence-electron chi connectivity index (χ2n) is 10.8. The minimum Gasteiger partial charge on any atom is -0.374 e. The molecule has 0 aliphatic rings. The Balaban J connectivity index is 0.000000371. The third-order valence-electron chi connectivity index (χ3n) is 6.77. The molecule has 3 N–H and O–H groups in total. The second kappa shape index (κ2) is 22.3. The van der Waals surface area contributed by atoms with Crippen LogP contribution in [0.5, 0.6) is 0 Å². The van der Waals surface area contributed by atoms with Crippen LogP contribution in [0.15, 0.2) is 129 Å². The highest BCUT2D eigenvalue weighted by Gasteiger charge is 2.10. The van der Waals surface area contributed by atoms with E-state index in [1.165, 1.54) is 16.7 Å². The molecule has 1 atom stereocenters. The SMILES string of the molecule is C=C/C=C(\C=C)Nc1ccccc1.C=CCC[N+](=C)Nc1ccc(C(=C)NC(C)SC)cc1CC.Cc1ccc(C(C)C)cc1. The molecule has 0 saturated carbocycles. The Hall–Kier alpha value is -4.22. The van der Waals surface area contributed by atoms with Gasteiger partial charge in [-0.1, -0.05) is 107 Å². The first kappa shape index (κ1) is 38.8. The number of hydrazone groups is 1. The maximum atomic E-state index is 4.14. The van der Waals surface area contributed by atoms with Crippen LogP contribution in [0.25, 0.3) is 5.70 Å². The summed E-state index contributed by atoms with van der Waals surface area (Å²) in [5, 5.41) is 6.95. The van der Waals surface area contributed by atoms with Crippen molar-refractivity contribution in [1.82, 2.24) is 5.32 Å². The van der Waals surface area contributed by atoms with E-state index in [4.69, 9.17) is 0 Å². The molecule has 0 spiro atoms. The molecule has 0 heterocycles. The number of benzene rings is 3. The quantitative estimate of drug-likeness (QED) is 0.0393. The number of para-hydroxylation sites is 1. The molecule has 3 aromatic rings. The van der Waals surface area contributed by atoms with Crippen LogP contribution in [-0.2, 0) is 6.42 Å². The zero-order valence-electron chi connectivity index (χ0n) is 28.4. The van der Waals surface area contributed by atoms with E-state index in [1.807, 2.05) is 47.2 Å². The van der Waals surface area contributed by atoms with Crippen LogP contribution in [0.3, 0.4) is 0 Å². The first-order valence-electron chi connectivity index (χ1n) is 15.5. The minimum atomic E-state index is 0.351.